The van der Waals surface area contributed by atoms with Gasteiger partial charge in [-0.3, -0.25) is 14.5 Å². The first-order chi connectivity index (χ1) is 16.6. The van der Waals surface area contributed by atoms with Gasteiger partial charge in [0.25, 0.3) is 11.6 Å². The van der Waals surface area contributed by atoms with Crippen LogP contribution in [0.5, 0.6) is 5.95 Å². The highest BCUT2D eigenvalue weighted by Crippen LogP contribution is 2.29. The number of sulfonamides is 1. The summed E-state index contributed by atoms with van der Waals surface area (Å²) in [7, 11) is -2.36. The number of nitrogens with two attached hydrogens (primary N) is 1. The molecule has 1 atom stereocenters. The van der Waals surface area contributed by atoms with Gasteiger partial charge in [-0.25, -0.2) is 13.6 Å². The van der Waals surface area contributed by atoms with Crippen molar-refractivity contribution in [1.82, 2.24) is 10.2 Å². The zero-order valence-corrected chi connectivity index (χ0v) is 20.0. The fourth-order valence-electron chi connectivity index (χ4n) is 3.60. The first-order valence-electron chi connectivity index (χ1n) is 10.2. The Morgan fingerprint density at radius 1 is 1.23 bits per heavy atom. The summed E-state index contributed by atoms with van der Waals surface area (Å²) in [5.41, 5.74) is 0.985. The topological polar surface area (TPSA) is 166 Å². The van der Waals surface area contributed by atoms with Gasteiger partial charge in [-0.05, 0) is 48.6 Å². The van der Waals surface area contributed by atoms with E-state index in [1.807, 2.05) is 0 Å². The van der Waals surface area contributed by atoms with E-state index >= 15 is 0 Å². The van der Waals surface area contributed by atoms with E-state index in [4.69, 9.17) is 17.4 Å². The molecule has 2 amide bonds. The van der Waals surface area contributed by atoms with E-state index in [0.29, 0.717) is 11.4 Å². The monoisotopic (exact) mass is 516 g/mol. The van der Waals surface area contributed by atoms with Crippen molar-refractivity contribution in [2.24, 2.45) is 12.2 Å². The van der Waals surface area contributed by atoms with Crippen LogP contribution >= 0.6 is 12.2 Å². The van der Waals surface area contributed by atoms with Crippen molar-refractivity contribution in [3.05, 3.63) is 60.3 Å². The van der Waals surface area contributed by atoms with Crippen LogP contribution in [0.25, 0.3) is 0 Å². The maximum atomic E-state index is 13.4. The van der Waals surface area contributed by atoms with Crippen molar-refractivity contribution in [2.45, 2.75) is 23.9 Å². The molecule has 182 valence electrons. The fourth-order valence-corrected chi connectivity index (χ4v) is 4.51. The van der Waals surface area contributed by atoms with Crippen molar-refractivity contribution < 1.29 is 32.3 Å². The number of carbonyl (C=O) groups is 2. The number of hydrogen-bond acceptors (Lipinski definition) is 8. The van der Waals surface area contributed by atoms with E-state index in [-0.39, 0.29) is 28.7 Å². The summed E-state index contributed by atoms with van der Waals surface area (Å²) < 4.78 is 28.7. The molecule has 0 spiro atoms. The van der Waals surface area contributed by atoms with Gasteiger partial charge in [-0.1, -0.05) is 22.9 Å². The summed E-state index contributed by atoms with van der Waals surface area (Å²) in [6, 6.07) is 13.0. The summed E-state index contributed by atoms with van der Waals surface area (Å²) >= 11 is 5.56. The van der Waals surface area contributed by atoms with E-state index in [1.54, 1.807) is 30.3 Å². The minimum Gasteiger partial charge on any atom is -0.539 e. The Kier molecular flexibility index (Phi) is 6.51. The lowest BCUT2D eigenvalue weighted by molar-refractivity contribution is -0.746. The average Bonchev–Trinajstić information content (AvgIpc) is 3.24. The van der Waals surface area contributed by atoms with Crippen molar-refractivity contribution in [1.29, 1.82) is 0 Å². The number of thiocarbonyl (C=S) groups is 1. The highest BCUT2D eigenvalue weighted by Gasteiger charge is 2.45. The first kappa shape index (κ1) is 24.3. The molecule has 1 aliphatic rings. The number of anilines is 2. The molecule has 0 saturated carbocycles. The Bertz CT molecular complexity index is 1370. The summed E-state index contributed by atoms with van der Waals surface area (Å²) in [5.74, 6) is -1.64. The predicted molar refractivity (Wildman–Crippen MR) is 124 cm³/mol. The number of para-hydroxylation sites is 1. The van der Waals surface area contributed by atoms with Gasteiger partial charge < -0.3 is 19.8 Å². The Balaban J connectivity index is 1.58. The highest BCUT2D eigenvalue weighted by atomic mass is 32.2. The molecule has 1 unspecified atom stereocenters. The fraction of sp³-hybridized carbons (Fsp3) is 0.190. The molecular formula is C21H20N6O6S2. The molecule has 2 aromatic carbocycles. The summed E-state index contributed by atoms with van der Waals surface area (Å²) in [5, 5.41) is 23.5. The maximum Gasteiger partial charge on any atom is 0.256 e. The van der Waals surface area contributed by atoms with E-state index in [0.717, 1.165) is 0 Å². The predicted octanol–water partition coefficient (Wildman–Crippen LogP) is -0.249. The van der Waals surface area contributed by atoms with Gasteiger partial charge in [-0.15, -0.1) is 0 Å². The number of benzene rings is 2. The maximum absolute atomic E-state index is 13.4. The lowest BCUT2D eigenvalue weighted by Gasteiger charge is -2.22. The molecule has 4 rings (SSSR count). The molecular weight excluding hydrogens is 496 g/mol. The van der Waals surface area contributed by atoms with Gasteiger partial charge in [0.15, 0.2) is 18.1 Å². The molecule has 0 bridgehead atoms. The van der Waals surface area contributed by atoms with Crippen molar-refractivity contribution in [3.63, 3.8) is 0 Å². The first-order valence-corrected chi connectivity index (χ1v) is 12.2. The lowest BCUT2D eigenvalue weighted by Crippen LogP contribution is -2.42. The number of amides is 2. The molecule has 0 aliphatic carbocycles. The number of carbonyl (C=O) groups excluding carboxylic acids is 2. The minimum atomic E-state index is -3.88. The van der Waals surface area contributed by atoms with Crippen LogP contribution in [0, 0.1) is 0 Å². The molecule has 1 aromatic heterocycles. The third-order valence-corrected chi connectivity index (χ3v) is 6.72. The zero-order valence-electron chi connectivity index (χ0n) is 18.3. The average molecular weight is 517 g/mol. The van der Waals surface area contributed by atoms with Gasteiger partial charge in [0.05, 0.1) is 22.3 Å². The second-order valence-corrected chi connectivity index (χ2v) is 9.61. The standard InChI is InChI=1S/C21H20N6O6S2/c1-25-17(20(30)33-24-25)12-26-16(19(29)27(21(26)34)14-5-3-2-4-6-14)11-18(28)23-13-7-9-15(10-8-13)35(22,31)32/h2-10,16H,11-12H2,1H3,(H3-,22,23,24,28,30,31,32). The minimum absolute atomic E-state index is 0.103. The van der Waals surface area contributed by atoms with Crippen molar-refractivity contribution >= 4 is 50.5 Å². The van der Waals surface area contributed by atoms with Crippen LogP contribution in [0.15, 0.2) is 64.0 Å². The number of nitrogens with one attached hydrogen (secondary N) is 1. The van der Waals surface area contributed by atoms with Crippen LogP contribution < -0.4 is 25.1 Å². The van der Waals surface area contributed by atoms with Gasteiger partial charge >= 0.3 is 0 Å². The number of aryl methyl sites for hydroxylation is 1. The lowest BCUT2D eigenvalue weighted by atomic mass is 10.1. The van der Waals surface area contributed by atoms with Crippen LogP contribution in [0.1, 0.15) is 12.1 Å². The Hall–Kier alpha value is -3.88. The van der Waals surface area contributed by atoms with Gasteiger partial charge in [-0.2, -0.15) is 0 Å². The molecule has 1 saturated heterocycles. The van der Waals surface area contributed by atoms with Crippen molar-refractivity contribution in [3.8, 4) is 5.95 Å². The number of nitrogens with zero attached hydrogens (tertiary/aromatic N) is 4. The third kappa shape index (κ3) is 4.99. The summed E-state index contributed by atoms with van der Waals surface area (Å²) in [6.45, 7) is -0.103. The van der Waals surface area contributed by atoms with Crippen LogP contribution in [-0.4, -0.2) is 41.6 Å². The number of hydrogen-bond donors (Lipinski definition) is 2. The normalized spacial score (nSPS) is 16.1. The molecule has 3 N–H and O–H groups in total. The molecule has 35 heavy (non-hydrogen) atoms. The molecule has 1 fully saturated rings. The molecule has 3 aromatic rings. The Morgan fingerprint density at radius 2 is 1.89 bits per heavy atom. The second-order valence-electron chi connectivity index (χ2n) is 7.69. The Morgan fingerprint density at radius 3 is 2.46 bits per heavy atom. The van der Waals surface area contributed by atoms with Gasteiger partial charge in [0.2, 0.25) is 15.9 Å². The van der Waals surface area contributed by atoms with E-state index < -0.39 is 33.8 Å². The zero-order chi connectivity index (χ0) is 25.3. The van der Waals surface area contributed by atoms with E-state index in [9.17, 15) is 23.1 Å². The van der Waals surface area contributed by atoms with E-state index in [2.05, 4.69) is 15.1 Å². The third-order valence-electron chi connectivity index (χ3n) is 5.37. The number of rotatable bonds is 7. The summed E-state index contributed by atoms with van der Waals surface area (Å²) in [6.07, 6.45) is -0.289. The second kappa shape index (κ2) is 9.40. The van der Waals surface area contributed by atoms with Gasteiger partial charge in [0.1, 0.15) is 12.6 Å². The van der Waals surface area contributed by atoms with Crippen LogP contribution in [-0.2, 0) is 33.2 Å². The smallest absolute Gasteiger partial charge is 0.256 e. The molecule has 14 heteroatoms. The molecule has 2 heterocycles. The van der Waals surface area contributed by atoms with E-state index in [1.165, 1.54) is 45.8 Å². The molecule has 12 nitrogen and oxygen atoms in total. The van der Waals surface area contributed by atoms with Crippen LogP contribution in [0.4, 0.5) is 11.4 Å². The van der Waals surface area contributed by atoms with Crippen LogP contribution in [0.2, 0.25) is 0 Å². The highest BCUT2D eigenvalue weighted by molar-refractivity contribution is 7.89. The SMILES string of the molecule is C[n+]1noc([O-])c1CN1C(=S)N(c2ccccc2)C(=O)C1CC(=O)Nc1ccc(S(N)(=O)=O)cc1. The number of primary sulfonamides is 1. The molecule has 1 aliphatic heterocycles. The quantitative estimate of drug-likeness (QED) is 0.318. The Labute approximate surface area is 205 Å². The van der Waals surface area contributed by atoms with Crippen molar-refractivity contribution in [2.75, 3.05) is 10.2 Å². The largest absolute Gasteiger partial charge is 0.539 e. The van der Waals surface area contributed by atoms with Gasteiger partial charge in [0, 0.05) is 5.69 Å². The molecule has 0 radical (unpaired) electrons. The summed E-state index contributed by atoms with van der Waals surface area (Å²) in [4.78, 5) is 28.9. The van der Waals surface area contributed by atoms with Crippen LogP contribution in [0.3, 0.4) is 0 Å². The number of aromatic nitrogens is 2.